The van der Waals surface area contributed by atoms with Crippen LogP contribution in [0.1, 0.15) is 11.4 Å². The Kier molecular flexibility index (Phi) is 4.17. The highest BCUT2D eigenvalue weighted by Crippen LogP contribution is 2.16. The first-order valence-electron chi connectivity index (χ1n) is 5.47. The molecule has 90 valence electrons. The summed E-state index contributed by atoms with van der Waals surface area (Å²) >= 11 is 1.52. The van der Waals surface area contributed by atoms with Crippen LogP contribution in [0.5, 0.6) is 0 Å². The molecule has 0 saturated carbocycles. The molecule has 4 nitrogen and oxygen atoms in total. The molecule has 0 aliphatic heterocycles. The number of hydrogen-bond acceptors (Lipinski definition) is 4. The van der Waals surface area contributed by atoms with Crippen LogP contribution < -0.4 is 0 Å². The predicted octanol–water partition coefficient (Wildman–Crippen LogP) is 1.49. The van der Waals surface area contributed by atoms with Crippen molar-refractivity contribution in [3.8, 4) is 0 Å². The van der Waals surface area contributed by atoms with E-state index in [-0.39, 0.29) is 6.61 Å². The Morgan fingerprint density at radius 2 is 2.00 bits per heavy atom. The smallest absolute Gasteiger partial charge is 0.191 e. The van der Waals surface area contributed by atoms with Gasteiger partial charge in [0.05, 0.1) is 6.61 Å². The first-order chi connectivity index (χ1) is 8.31. The van der Waals surface area contributed by atoms with E-state index in [0.717, 1.165) is 17.4 Å². The fourth-order valence-corrected chi connectivity index (χ4v) is 2.21. The van der Waals surface area contributed by atoms with Gasteiger partial charge in [0, 0.05) is 19.2 Å². The Morgan fingerprint density at radius 1 is 1.24 bits per heavy atom. The van der Waals surface area contributed by atoms with Crippen molar-refractivity contribution in [2.24, 2.45) is 7.05 Å². The fraction of sp³-hybridized carbons (Fsp3) is 0.333. The molecule has 0 aliphatic carbocycles. The number of aliphatic hydroxyl groups is 1. The maximum atomic E-state index is 8.78. The number of aliphatic hydroxyl groups excluding tert-OH is 1. The molecule has 17 heavy (non-hydrogen) atoms. The van der Waals surface area contributed by atoms with Crippen molar-refractivity contribution in [2.45, 2.75) is 11.6 Å². The monoisotopic (exact) mass is 249 g/mol. The molecule has 2 aromatic rings. The Hall–Kier alpha value is -1.33. The SMILES string of the molecule is Cn1c(Cc2ccccc2)nnc1SCCO. The Bertz CT molecular complexity index is 470. The molecule has 0 fully saturated rings. The van der Waals surface area contributed by atoms with Crippen molar-refractivity contribution < 1.29 is 5.11 Å². The number of nitrogens with zero attached hydrogens (tertiary/aromatic N) is 3. The standard InChI is InChI=1S/C12H15N3OS/c1-15-11(9-10-5-3-2-4-6-10)13-14-12(15)17-8-7-16/h2-6,16H,7-9H2,1H3. The summed E-state index contributed by atoms with van der Waals surface area (Å²) in [5.41, 5.74) is 1.22. The lowest BCUT2D eigenvalue weighted by Gasteiger charge is -2.03. The van der Waals surface area contributed by atoms with Crippen molar-refractivity contribution in [3.05, 3.63) is 41.7 Å². The summed E-state index contributed by atoms with van der Waals surface area (Å²) in [6, 6.07) is 10.2. The maximum absolute atomic E-state index is 8.78. The van der Waals surface area contributed by atoms with E-state index >= 15 is 0 Å². The van der Waals surface area contributed by atoms with Crippen LogP contribution in [0.3, 0.4) is 0 Å². The van der Waals surface area contributed by atoms with E-state index in [9.17, 15) is 0 Å². The molecule has 0 amide bonds. The second-order valence-corrected chi connectivity index (χ2v) is 4.75. The van der Waals surface area contributed by atoms with Gasteiger partial charge in [-0.15, -0.1) is 10.2 Å². The highest BCUT2D eigenvalue weighted by atomic mass is 32.2. The van der Waals surface area contributed by atoms with Crippen LogP contribution in [0.25, 0.3) is 0 Å². The summed E-state index contributed by atoms with van der Waals surface area (Å²) in [6.07, 6.45) is 0.782. The number of aromatic nitrogens is 3. The minimum absolute atomic E-state index is 0.158. The third kappa shape index (κ3) is 3.08. The van der Waals surface area contributed by atoms with Gasteiger partial charge >= 0.3 is 0 Å². The first-order valence-corrected chi connectivity index (χ1v) is 6.45. The van der Waals surface area contributed by atoms with E-state index in [1.165, 1.54) is 17.3 Å². The largest absolute Gasteiger partial charge is 0.396 e. The lowest BCUT2D eigenvalue weighted by molar-refractivity contribution is 0.322. The third-order valence-corrected chi connectivity index (χ3v) is 3.45. The molecule has 0 bridgehead atoms. The Morgan fingerprint density at radius 3 is 2.71 bits per heavy atom. The molecule has 1 aromatic heterocycles. The summed E-state index contributed by atoms with van der Waals surface area (Å²) in [5.74, 6) is 1.59. The normalized spacial score (nSPS) is 10.7. The molecule has 1 aromatic carbocycles. The third-order valence-electron chi connectivity index (χ3n) is 2.45. The van der Waals surface area contributed by atoms with E-state index in [1.807, 2.05) is 29.8 Å². The van der Waals surface area contributed by atoms with Gasteiger partial charge in [-0.25, -0.2) is 0 Å². The Labute approximate surface area is 105 Å². The zero-order valence-corrected chi connectivity index (χ0v) is 10.5. The summed E-state index contributed by atoms with van der Waals surface area (Å²) < 4.78 is 1.98. The molecule has 0 saturated heterocycles. The molecule has 0 spiro atoms. The van der Waals surface area contributed by atoms with Crippen molar-refractivity contribution in [3.63, 3.8) is 0 Å². The molecular formula is C12H15N3OS. The van der Waals surface area contributed by atoms with Crippen LogP contribution in [-0.4, -0.2) is 32.2 Å². The number of benzene rings is 1. The van der Waals surface area contributed by atoms with Crippen molar-refractivity contribution in [2.75, 3.05) is 12.4 Å². The zero-order valence-electron chi connectivity index (χ0n) is 9.71. The summed E-state index contributed by atoms with van der Waals surface area (Å²) in [6.45, 7) is 0.158. The molecule has 2 rings (SSSR count). The molecule has 5 heteroatoms. The van der Waals surface area contributed by atoms with Gasteiger partial charge in [-0.05, 0) is 5.56 Å². The van der Waals surface area contributed by atoms with E-state index in [4.69, 9.17) is 5.11 Å². The van der Waals surface area contributed by atoms with E-state index in [1.54, 1.807) is 0 Å². The lowest BCUT2D eigenvalue weighted by atomic mass is 10.1. The van der Waals surface area contributed by atoms with Gasteiger partial charge in [-0.2, -0.15) is 0 Å². The van der Waals surface area contributed by atoms with E-state index in [0.29, 0.717) is 5.75 Å². The van der Waals surface area contributed by atoms with Gasteiger partial charge < -0.3 is 9.67 Å². The maximum Gasteiger partial charge on any atom is 0.191 e. The summed E-state index contributed by atoms with van der Waals surface area (Å²) in [4.78, 5) is 0. The summed E-state index contributed by atoms with van der Waals surface area (Å²) in [7, 11) is 1.96. The second kappa shape index (κ2) is 5.84. The van der Waals surface area contributed by atoms with Crippen LogP contribution in [0, 0.1) is 0 Å². The minimum Gasteiger partial charge on any atom is -0.396 e. The van der Waals surface area contributed by atoms with Gasteiger partial charge in [-0.3, -0.25) is 0 Å². The van der Waals surface area contributed by atoms with Crippen molar-refractivity contribution in [1.82, 2.24) is 14.8 Å². The second-order valence-electron chi connectivity index (χ2n) is 3.69. The Balaban J connectivity index is 2.09. The fourth-order valence-electron chi connectivity index (χ4n) is 1.54. The van der Waals surface area contributed by atoms with E-state index in [2.05, 4.69) is 22.3 Å². The quantitative estimate of drug-likeness (QED) is 0.816. The van der Waals surface area contributed by atoms with Crippen LogP contribution in [-0.2, 0) is 13.5 Å². The molecule has 0 unspecified atom stereocenters. The first kappa shape index (κ1) is 12.1. The van der Waals surface area contributed by atoms with Gasteiger partial charge in [-0.1, -0.05) is 42.1 Å². The molecule has 0 radical (unpaired) electrons. The highest BCUT2D eigenvalue weighted by Gasteiger charge is 2.09. The van der Waals surface area contributed by atoms with Gasteiger partial charge in [0.25, 0.3) is 0 Å². The predicted molar refractivity (Wildman–Crippen MR) is 68.1 cm³/mol. The summed E-state index contributed by atoms with van der Waals surface area (Å²) in [5, 5.41) is 17.9. The number of thioether (sulfide) groups is 1. The minimum atomic E-state index is 0.158. The van der Waals surface area contributed by atoms with Gasteiger partial charge in [0.2, 0.25) is 0 Å². The average molecular weight is 249 g/mol. The van der Waals surface area contributed by atoms with Crippen LogP contribution >= 0.6 is 11.8 Å². The molecule has 0 aliphatic rings. The molecular weight excluding hydrogens is 234 g/mol. The average Bonchev–Trinajstić information content (AvgIpc) is 2.70. The van der Waals surface area contributed by atoms with Crippen molar-refractivity contribution >= 4 is 11.8 Å². The lowest BCUT2D eigenvalue weighted by Crippen LogP contribution is -2.00. The van der Waals surface area contributed by atoms with Gasteiger partial charge in [0.1, 0.15) is 5.82 Å². The molecule has 1 N–H and O–H groups in total. The topological polar surface area (TPSA) is 50.9 Å². The van der Waals surface area contributed by atoms with Crippen LogP contribution in [0.4, 0.5) is 0 Å². The van der Waals surface area contributed by atoms with Crippen molar-refractivity contribution in [1.29, 1.82) is 0 Å². The molecule has 0 atom stereocenters. The van der Waals surface area contributed by atoms with Crippen LogP contribution in [0.15, 0.2) is 35.5 Å². The zero-order chi connectivity index (χ0) is 12.1. The van der Waals surface area contributed by atoms with Gasteiger partial charge in [0.15, 0.2) is 5.16 Å². The number of rotatable bonds is 5. The van der Waals surface area contributed by atoms with E-state index < -0.39 is 0 Å². The molecule has 1 heterocycles. The number of hydrogen-bond donors (Lipinski definition) is 1. The van der Waals surface area contributed by atoms with Crippen LogP contribution in [0.2, 0.25) is 0 Å². The highest BCUT2D eigenvalue weighted by molar-refractivity contribution is 7.99.